The molecule has 2 heterocycles. The average Bonchev–Trinajstić information content (AvgIpc) is 3.33. The van der Waals surface area contributed by atoms with Gasteiger partial charge in [0.05, 0.1) is 18.9 Å². The molecule has 0 radical (unpaired) electrons. The molecule has 36 heavy (non-hydrogen) atoms. The number of benzene rings is 3. The lowest BCUT2D eigenvalue weighted by atomic mass is 9.79. The van der Waals surface area contributed by atoms with E-state index < -0.39 is 41.1 Å². The molecule has 0 bridgehead atoms. The van der Waals surface area contributed by atoms with Crippen LogP contribution >= 0.6 is 0 Å². The molecule has 1 aliphatic heterocycles. The van der Waals surface area contributed by atoms with E-state index >= 15 is 0 Å². The first kappa shape index (κ1) is 23.9. The number of aliphatic hydroxyl groups is 1. The molecular weight excluding hydrogens is 463 g/mol. The number of H-pyrrole nitrogens is 1. The Hall–Kier alpha value is -3.85. The Morgan fingerprint density at radius 1 is 0.917 bits per heavy atom. The minimum absolute atomic E-state index is 0.144. The van der Waals surface area contributed by atoms with Crippen molar-refractivity contribution in [3.63, 3.8) is 0 Å². The fraction of sp³-hybridized carbons (Fsp3) is 0.214. The maximum Gasteiger partial charge on any atom is 0.330 e. The van der Waals surface area contributed by atoms with Gasteiger partial charge in [-0.1, -0.05) is 91.0 Å². The molecule has 1 aromatic heterocycles. The van der Waals surface area contributed by atoms with Gasteiger partial charge in [0.15, 0.2) is 0 Å². The molecule has 4 aromatic rings. The highest BCUT2D eigenvalue weighted by atomic mass is 19.1. The Labute approximate surface area is 206 Å². The van der Waals surface area contributed by atoms with E-state index in [2.05, 4.69) is 0 Å². The summed E-state index contributed by atoms with van der Waals surface area (Å²) in [6.45, 7) is -0.379. The highest BCUT2D eigenvalue weighted by Crippen LogP contribution is 2.44. The van der Waals surface area contributed by atoms with Crippen molar-refractivity contribution in [3.05, 3.63) is 141 Å². The van der Waals surface area contributed by atoms with Crippen LogP contribution in [0.3, 0.4) is 0 Å². The Morgan fingerprint density at radius 3 is 1.89 bits per heavy atom. The van der Waals surface area contributed by atoms with Gasteiger partial charge in [-0.15, -0.1) is 0 Å². The Balaban J connectivity index is 1.62. The van der Waals surface area contributed by atoms with Gasteiger partial charge in [0.25, 0.3) is 5.56 Å². The zero-order valence-electron chi connectivity index (χ0n) is 19.3. The van der Waals surface area contributed by atoms with E-state index in [9.17, 15) is 19.1 Å². The van der Waals surface area contributed by atoms with Gasteiger partial charge in [0.1, 0.15) is 17.9 Å². The van der Waals surface area contributed by atoms with Crippen molar-refractivity contribution in [1.29, 1.82) is 0 Å². The van der Waals surface area contributed by atoms with Crippen molar-refractivity contribution in [3.8, 4) is 0 Å². The smallest absolute Gasteiger partial charge is 0.330 e. The van der Waals surface area contributed by atoms with Crippen molar-refractivity contribution in [1.82, 2.24) is 9.55 Å². The first-order valence-electron chi connectivity index (χ1n) is 11.6. The average molecular weight is 489 g/mol. The maximum atomic E-state index is 14.0. The topological polar surface area (TPSA) is 93.6 Å². The van der Waals surface area contributed by atoms with Crippen LogP contribution < -0.4 is 11.2 Å². The largest absolute Gasteiger partial charge is 0.394 e. The monoisotopic (exact) mass is 488 g/mol. The van der Waals surface area contributed by atoms with Crippen molar-refractivity contribution in [2.45, 2.75) is 30.5 Å². The van der Waals surface area contributed by atoms with Crippen LogP contribution in [-0.2, 0) is 15.1 Å². The zero-order valence-corrected chi connectivity index (χ0v) is 19.3. The first-order chi connectivity index (χ1) is 17.5. The number of ether oxygens (including phenoxy) is 2. The van der Waals surface area contributed by atoms with E-state index in [1.54, 1.807) is 0 Å². The molecule has 3 aromatic carbocycles. The van der Waals surface area contributed by atoms with E-state index in [1.165, 1.54) is 0 Å². The summed E-state index contributed by atoms with van der Waals surface area (Å²) in [6, 6.07) is 29.2. The number of nitrogens with one attached hydrogen (secondary N) is 1. The minimum atomic E-state index is -1.10. The van der Waals surface area contributed by atoms with Crippen molar-refractivity contribution >= 4 is 0 Å². The zero-order chi connectivity index (χ0) is 25.1. The number of aromatic amines is 1. The molecule has 2 N–H and O–H groups in total. The van der Waals surface area contributed by atoms with E-state index in [1.807, 2.05) is 96.0 Å². The highest BCUT2D eigenvalue weighted by molar-refractivity contribution is 5.47. The van der Waals surface area contributed by atoms with E-state index in [4.69, 9.17) is 9.47 Å². The van der Waals surface area contributed by atoms with Crippen LogP contribution in [0.5, 0.6) is 0 Å². The Bertz CT molecular complexity index is 1330. The number of rotatable bonds is 7. The molecule has 0 spiro atoms. The molecule has 7 nitrogen and oxygen atoms in total. The molecule has 5 rings (SSSR count). The molecule has 1 saturated heterocycles. The summed E-state index contributed by atoms with van der Waals surface area (Å²) in [4.78, 5) is 25.8. The third-order valence-corrected chi connectivity index (χ3v) is 6.46. The number of aliphatic hydroxyl groups excluding tert-OH is 1. The van der Waals surface area contributed by atoms with Gasteiger partial charge in [-0.2, -0.15) is 4.39 Å². The molecule has 3 atom stereocenters. The summed E-state index contributed by atoms with van der Waals surface area (Å²) < 4.78 is 27.8. The molecule has 8 heteroatoms. The number of nitrogens with zero attached hydrogens (tertiary/aromatic N) is 1. The lowest BCUT2D eigenvalue weighted by Crippen LogP contribution is -2.40. The van der Waals surface area contributed by atoms with E-state index in [-0.39, 0.29) is 13.0 Å². The van der Waals surface area contributed by atoms with E-state index in [0.717, 1.165) is 27.5 Å². The Morgan fingerprint density at radius 2 is 1.42 bits per heavy atom. The molecular formula is C28H25FN2O5. The third-order valence-electron chi connectivity index (χ3n) is 6.46. The SMILES string of the molecule is O=c1[nH]c(=O)n([C@H]2C[C@H](OC(c3ccccc3)(c3ccccc3)c3ccccc3)[C@@H](CO)O2)cc1F. The predicted molar refractivity (Wildman–Crippen MR) is 131 cm³/mol. The number of hydrogen-bond acceptors (Lipinski definition) is 5. The highest BCUT2D eigenvalue weighted by Gasteiger charge is 2.46. The Kier molecular flexibility index (Phi) is 6.65. The van der Waals surface area contributed by atoms with Gasteiger partial charge in [-0.3, -0.25) is 14.3 Å². The second-order valence-corrected chi connectivity index (χ2v) is 8.63. The predicted octanol–water partition coefficient (Wildman–Crippen LogP) is 3.33. The van der Waals surface area contributed by atoms with Crippen LogP contribution in [0.2, 0.25) is 0 Å². The van der Waals surface area contributed by atoms with Crippen LogP contribution in [0.25, 0.3) is 0 Å². The van der Waals surface area contributed by atoms with Crippen LogP contribution in [0.15, 0.2) is 107 Å². The molecule has 184 valence electrons. The van der Waals surface area contributed by atoms with Gasteiger partial charge in [-0.25, -0.2) is 4.79 Å². The minimum Gasteiger partial charge on any atom is -0.394 e. The molecule has 1 fully saturated rings. The van der Waals surface area contributed by atoms with Gasteiger partial charge < -0.3 is 14.6 Å². The summed E-state index contributed by atoms with van der Waals surface area (Å²) in [5.74, 6) is -1.10. The lowest BCUT2D eigenvalue weighted by Gasteiger charge is -2.39. The summed E-state index contributed by atoms with van der Waals surface area (Å²) in [5, 5.41) is 10.2. The van der Waals surface area contributed by atoms with Gasteiger partial charge >= 0.3 is 5.69 Å². The first-order valence-corrected chi connectivity index (χ1v) is 11.6. The van der Waals surface area contributed by atoms with Crippen molar-refractivity contribution < 1.29 is 19.0 Å². The summed E-state index contributed by atoms with van der Waals surface area (Å²) in [6.07, 6.45) is -1.45. The third kappa shape index (κ3) is 4.30. The van der Waals surface area contributed by atoms with Crippen LogP contribution in [0.1, 0.15) is 29.3 Å². The van der Waals surface area contributed by atoms with Gasteiger partial charge in [0, 0.05) is 6.42 Å². The fourth-order valence-corrected chi connectivity index (χ4v) is 4.78. The van der Waals surface area contributed by atoms with Crippen LogP contribution in [-0.4, -0.2) is 33.5 Å². The number of halogens is 1. The summed E-state index contributed by atoms with van der Waals surface area (Å²) in [7, 11) is 0. The van der Waals surface area contributed by atoms with E-state index in [0.29, 0.717) is 0 Å². The van der Waals surface area contributed by atoms with Crippen molar-refractivity contribution in [2.24, 2.45) is 0 Å². The standard InChI is InChI=1S/C28H25FN2O5/c29-22-17-31(27(34)30-26(22)33)25-16-23(24(18-32)35-25)36-28(19-10-4-1-5-11-19,20-12-6-2-7-13-20)21-14-8-3-9-15-21/h1-15,17,23-25,32H,16,18H2,(H,30,33,34)/t23-,24+,25+/m0/s1. The maximum absolute atomic E-state index is 14.0. The molecule has 0 amide bonds. The number of hydrogen-bond donors (Lipinski definition) is 2. The summed E-state index contributed by atoms with van der Waals surface area (Å²) in [5.41, 5.74) is -0.359. The second-order valence-electron chi connectivity index (χ2n) is 8.63. The van der Waals surface area contributed by atoms with Gasteiger partial charge in [0.2, 0.25) is 5.82 Å². The molecule has 1 aliphatic rings. The quantitative estimate of drug-likeness (QED) is 0.389. The number of aromatic nitrogens is 2. The van der Waals surface area contributed by atoms with Crippen LogP contribution in [0, 0.1) is 5.82 Å². The molecule has 0 aliphatic carbocycles. The van der Waals surface area contributed by atoms with Crippen LogP contribution in [0.4, 0.5) is 4.39 Å². The lowest BCUT2D eigenvalue weighted by molar-refractivity contribution is -0.0994. The van der Waals surface area contributed by atoms with Crippen molar-refractivity contribution in [2.75, 3.05) is 6.61 Å². The second kappa shape index (κ2) is 10.0. The van der Waals surface area contributed by atoms with Gasteiger partial charge in [-0.05, 0) is 16.7 Å². The fourth-order valence-electron chi connectivity index (χ4n) is 4.78. The molecule has 0 saturated carbocycles. The normalized spacial score (nSPS) is 19.9. The molecule has 0 unspecified atom stereocenters. The summed E-state index contributed by atoms with van der Waals surface area (Å²) >= 11 is 0.